The zero-order valence-corrected chi connectivity index (χ0v) is 10.1. The molecule has 0 spiro atoms. The number of carbonyl (C=O) groups is 1. The first kappa shape index (κ1) is 11.9. The van der Waals surface area contributed by atoms with E-state index in [9.17, 15) is 9.90 Å². The van der Waals surface area contributed by atoms with Crippen molar-refractivity contribution in [3.05, 3.63) is 29.8 Å². The maximum atomic E-state index is 12.2. The molecule has 4 nitrogen and oxygen atoms in total. The highest BCUT2D eigenvalue weighted by Crippen LogP contribution is 2.19. The fourth-order valence-corrected chi connectivity index (χ4v) is 2.01. The summed E-state index contributed by atoms with van der Waals surface area (Å²) in [5.74, 6) is 0.0562. The topological polar surface area (TPSA) is 49.8 Å². The van der Waals surface area contributed by atoms with Gasteiger partial charge in [-0.2, -0.15) is 0 Å². The molecule has 0 saturated carbocycles. The minimum Gasteiger partial charge on any atom is -0.508 e. The van der Waals surface area contributed by atoms with Gasteiger partial charge in [-0.3, -0.25) is 4.79 Å². The van der Waals surface area contributed by atoms with E-state index in [0.717, 1.165) is 0 Å². The predicted octanol–water partition coefficient (Wildman–Crippen LogP) is 1.64. The number of benzene rings is 1. The van der Waals surface area contributed by atoms with Crippen molar-refractivity contribution in [3.8, 4) is 5.75 Å². The number of hydrogen-bond donors (Lipinski definition) is 1. The molecule has 0 aliphatic carbocycles. The highest BCUT2D eigenvalue weighted by atomic mass is 16.5. The Labute approximate surface area is 101 Å². The van der Waals surface area contributed by atoms with Gasteiger partial charge < -0.3 is 14.7 Å². The second kappa shape index (κ2) is 4.37. The van der Waals surface area contributed by atoms with Gasteiger partial charge in [0, 0.05) is 18.7 Å². The molecule has 1 aromatic carbocycles. The van der Waals surface area contributed by atoms with Crippen molar-refractivity contribution in [3.63, 3.8) is 0 Å². The fraction of sp³-hybridized carbons (Fsp3) is 0.462. The average Bonchev–Trinajstić information content (AvgIpc) is 2.26. The number of rotatable bonds is 1. The quantitative estimate of drug-likeness (QED) is 0.805. The van der Waals surface area contributed by atoms with E-state index in [1.807, 2.05) is 13.8 Å². The molecule has 0 atom stereocenters. The van der Waals surface area contributed by atoms with Crippen LogP contribution in [0.3, 0.4) is 0 Å². The van der Waals surface area contributed by atoms with Crippen molar-refractivity contribution < 1.29 is 14.6 Å². The molecular weight excluding hydrogens is 218 g/mol. The van der Waals surface area contributed by atoms with Crippen LogP contribution in [0.5, 0.6) is 5.75 Å². The largest absolute Gasteiger partial charge is 0.508 e. The molecule has 1 saturated heterocycles. The van der Waals surface area contributed by atoms with E-state index in [1.54, 1.807) is 23.1 Å². The molecule has 0 radical (unpaired) electrons. The molecule has 1 N–H and O–H groups in total. The number of carbonyl (C=O) groups excluding carboxylic acids is 1. The molecule has 2 rings (SSSR count). The van der Waals surface area contributed by atoms with Crippen LogP contribution in [-0.4, -0.2) is 41.2 Å². The number of aromatic hydroxyl groups is 1. The van der Waals surface area contributed by atoms with E-state index >= 15 is 0 Å². The predicted molar refractivity (Wildman–Crippen MR) is 64.0 cm³/mol. The second-order valence-corrected chi connectivity index (χ2v) is 4.89. The van der Waals surface area contributed by atoms with Gasteiger partial charge >= 0.3 is 0 Å². The van der Waals surface area contributed by atoms with Crippen molar-refractivity contribution in [2.75, 3.05) is 19.7 Å². The normalized spacial score (nSPS) is 19.1. The molecule has 4 heteroatoms. The Balaban J connectivity index is 2.15. The molecule has 17 heavy (non-hydrogen) atoms. The van der Waals surface area contributed by atoms with Gasteiger partial charge in [-0.15, -0.1) is 0 Å². The van der Waals surface area contributed by atoms with Crippen LogP contribution in [0.1, 0.15) is 24.2 Å². The third-order valence-electron chi connectivity index (χ3n) is 2.81. The molecule has 0 bridgehead atoms. The van der Waals surface area contributed by atoms with Crippen molar-refractivity contribution in [1.29, 1.82) is 0 Å². The summed E-state index contributed by atoms with van der Waals surface area (Å²) in [6.07, 6.45) is 0. The summed E-state index contributed by atoms with van der Waals surface area (Å²) in [6.45, 7) is 5.65. The van der Waals surface area contributed by atoms with Gasteiger partial charge in [0.25, 0.3) is 5.91 Å². The second-order valence-electron chi connectivity index (χ2n) is 4.89. The lowest BCUT2D eigenvalue weighted by Crippen LogP contribution is -2.50. The van der Waals surface area contributed by atoms with Crippen LogP contribution in [0, 0.1) is 0 Å². The zero-order valence-electron chi connectivity index (χ0n) is 10.1. The highest BCUT2D eigenvalue weighted by molar-refractivity contribution is 5.94. The summed E-state index contributed by atoms with van der Waals surface area (Å²) in [5.41, 5.74) is 0.216. The highest BCUT2D eigenvalue weighted by Gasteiger charge is 2.30. The van der Waals surface area contributed by atoms with E-state index in [-0.39, 0.29) is 17.3 Å². The first-order valence-electron chi connectivity index (χ1n) is 5.70. The maximum absolute atomic E-state index is 12.2. The SMILES string of the molecule is CC1(C)CN(C(=O)c2cccc(O)c2)CCO1. The lowest BCUT2D eigenvalue weighted by atomic mass is 10.1. The van der Waals surface area contributed by atoms with Crippen LogP contribution >= 0.6 is 0 Å². The van der Waals surface area contributed by atoms with Gasteiger partial charge in [-0.1, -0.05) is 6.07 Å². The smallest absolute Gasteiger partial charge is 0.254 e. The molecule has 1 heterocycles. The van der Waals surface area contributed by atoms with Crippen LogP contribution in [0.15, 0.2) is 24.3 Å². The Morgan fingerprint density at radius 3 is 2.88 bits per heavy atom. The monoisotopic (exact) mass is 235 g/mol. The van der Waals surface area contributed by atoms with E-state index < -0.39 is 0 Å². The van der Waals surface area contributed by atoms with Crippen LogP contribution < -0.4 is 0 Å². The van der Waals surface area contributed by atoms with E-state index in [0.29, 0.717) is 25.3 Å². The van der Waals surface area contributed by atoms with Crippen LogP contribution in [0.25, 0.3) is 0 Å². The zero-order chi connectivity index (χ0) is 12.5. The summed E-state index contributed by atoms with van der Waals surface area (Å²) in [6, 6.07) is 6.43. The number of hydrogen-bond acceptors (Lipinski definition) is 3. The third kappa shape index (κ3) is 2.77. The van der Waals surface area contributed by atoms with Crippen LogP contribution in [-0.2, 0) is 4.74 Å². The Morgan fingerprint density at radius 1 is 1.47 bits per heavy atom. The minimum atomic E-state index is -0.301. The van der Waals surface area contributed by atoms with Crippen molar-refractivity contribution in [2.24, 2.45) is 0 Å². The molecule has 1 aromatic rings. The average molecular weight is 235 g/mol. The number of ether oxygens (including phenoxy) is 1. The molecule has 0 unspecified atom stereocenters. The van der Waals surface area contributed by atoms with E-state index in [4.69, 9.17) is 4.74 Å². The van der Waals surface area contributed by atoms with Crippen LogP contribution in [0.4, 0.5) is 0 Å². The third-order valence-corrected chi connectivity index (χ3v) is 2.81. The van der Waals surface area contributed by atoms with E-state index in [1.165, 1.54) is 6.07 Å². The molecule has 0 aromatic heterocycles. The standard InChI is InChI=1S/C13H17NO3/c1-13(2)9-14(6-7-17-13)12(16)10-4-3-5-11(15)8-10/h3-5,8,15H,6-7,9H2,1-2H3. The van der Waals surface area contributed by atoms with Crippen molar-refractivity contribution >= 4 is 5.91 Å². The molecule has 1 aliphatic rings. The van der Waals surface area contributed by atoms with Gasteiger partial charge in [0.05, 0.1) is 12.2 Å². The summed E-state index contributed by atoms with van der Waals surface area (Å²) in [7, 11) is 0. The summed E-state index contributed by atoms with van der Waals surface area (Å²) in [5, 5.41) is 9.37. The molecule has 1 fully saturated rings. The van der Waals surface area contributed by atoms with Gasteiger partial charge in [-0.25, -0.2) is 0 Å². The summed E-state index contributed by atoms with van der Waals surface area (Å²) < 4.78 is 5.56. The molecule has 1 aliphatic heterocycles. The Kier molecular flexibility index (Phi) is 3.07. The lowest BCUT2D eigenvalue weighted by molar-refractivity contribution is -0.0764. The van der Waals surface area contributed by atoms with Gasteiger partial charge in [-0.05, 0) is 32.0 Å². The number of phenolic OH excluding ortho intramolecular Hbond substituents is 1. The summed E-state index contributed by atoms with van der Waals surface area (Å²) >= 11 is 0. The number of phenols is 1. The lowest BCUT2D eigenvalue weighted by Gasteiger charge is -2.38. The Bertz CT molecular complexity index is 428. The fourth-order valence-electron chi connectivity index (χ4n) is 2.01. The maximum Gasteiger partial charge on any atom is 0.254 e. The molecule has 92 valence electrons. The number of morpholine rings is 1. The van der Waals surface area contributed by atoms with Crippen LogP contribution in [0.2, 0.25) is 0 Å². The molecular formula is C13H17NO3. The minimum absolute atomic E-state index is 0.0581. The first-order chi connectivity index (χ1) is 7.98. The first-order valence-corrected chi connectivity index (χ1v) is 5.70. The van der Waals surface area contributed by atoms with Gasteiger partial charge in [0.15, 0.2) is 0 Å². The summed E-state index contributed by atoms with van der Waals surface area (Å²) in [4.78, 5) is 14.0. The Morgan fingerprint density at radius 2 is 2.24 bits per heavy atom. The Hall–Kier alpha value is -1.55. The van der Waals surface area contributed by atoms with E-state index in [2.05, 4.69) is 0 Å². The van der Waals surface area contributed by atoms with Crippen molar-refractivity contribution in [2.45, 2.75) is 19.4 Å². The number of nitrogens with zero attached hydrogens (tertiary/aromatic N) is 1. The van der Waals surface area contributed by atoms with Gasteiger partial charge in [0.2, 0.25) is 0 Å². The van der Waals surface area contributed by atoms with Gasteiger partial charge in [0.1, 0.15) is 5.75 Å². The van der Waals surface area contributed by atoms with Crippen molar-refractivity contribution in [1.82, 2.24) is 4.90 Å². The molecule has 1 amide bonds. The number of amides is 1.